The van der Waals surface area contributed by atoms with E-state index in [0.29, 0.717) is 12.5 Å². The largest absolute Gasteiger partial charge is 0.396 e. The summed E-state index contributed by atoms with van der Waals surface area (Å²) in [5.41, 5.74) is 2.17. The lowest BCUT2D eigenvalue weighted by Crippen LogP contribution is -2.33. The maximum absolute atomic E-state index is 9.86. The van der Waals surface area contributed by atoms with E-state index in [1.165, 1.54) is 12.8 Å². The van der Waals surface area contributed by atoms with Crippen LogP contribution < -0.4 is 9.80 Å². The van der Waals surface area contributed by atoms with Crippen molar-refractivity contribution in [1.82, 2.24) is 14.9 Å². The topological polar surface area (TPSA) is 76.0 Å². The monoisotopic (exact) mass is 363 g/mol. The fourth-order valence-electron chi connectivity index (χ4n) is 4.15. The van der Waals surface area contributed by atoms with Gasteiger partial charge in [-0.05, 0) is 39.7 Å². The minimum atomic E-state index is 0.167. The lowest BCUT2D eigenvalue weighted by molar-refractivity contribution is 0.160. The molecule has 1 aromatic heterocycles. The highest BCUT2D eigenvalue weighted by molar-refractivity contribution is 5.53. The molecule has 0 aliphatic carbocycles. The predicted molar refractivity (Wildman–Crippen MR) is 104 cm³/mol. The first-order chi connectivity index (χ1) is 12.5. The van der Waals surface area contributed by atoms with Crippen LogP contribution >= 0.6 is 0 Å². The van der Waals surface area contributed by atoms with E-state index in [0.717, 1.165) is 55.7 Å². The second-order valence-electron chi connectivity index (χ2n) is 7.85. The van der Waals surface area contributed by atoms with E-state index < -0.39 is 0 Å². The number of aromatic nitrogens is 2. The fraction of sp³-hybridized carbons (Fsp3) is 0.789. The first-order valence-electron chi connectivity index (χ1n) is 9.79. The molecule has 0 spiro atoms. The van der Waals surface area contributed by atoms with Crippen LogP contribution in [0.3, 0.4) is 0 Å². The van der Waals surface area contributed by atoms with Crippen LogP contribution in [0.5, 0.6) is 0 Å². The van der Waals surface area contributed by atoms with Crippen molar-refractivity contribution in [2.24, 2.45) is 11.8 Å². The summed E-state index contributed by atoms with van der Waals surface area (Å²) in [6, 6.07) is 0. The second-order valence-corrected chi connectivity index (χ2v) is 7.85. The van der Waals surface area contributed by atoms with Gasteiger partial charge in [0.15, 0.2) is 0 Å². The van der Waals surface area contributed by atoms with E-state index in [4.69, 9.17) is 15.1 Å². The van der Waals surface area contributed by atoms with Crippen molar-refractivity contribution in [2.45, 2.75) is 26.7 Å². The third-order valence-corrected chi connectivity index (χ3v) is 5.88. The Bertz CT molecular complexity index is 606. The summed E-state index contributed by atoms with van der Waals surface area (Å²) in [7, 11) is 2.03. The molecule has 0 radical (unpaired) electrons. The zero-order valence-electron chi connectivity index (χ0n) is 16.4. The molecular weight excluding hydrogens is 330 g/mol. The lowest BCUT2D eigenvalue weighted by Gasteiger charge is -2.25. The van der Waals surface area contributed by atoms with Gasteiger partial charge in [0.25, 0.3) is 0 Å². The smallest absolute Gasteiger partial charge is 0.227 e. The van der Waals surface area contributed by atoms with Gasteiger partial charge in [-0.1, -0.05) is 0 Å². The molecule has 146 valence electrons. The molecule has 7 nitrogen and oxygen atoms in total. The molecule has 2 aliphatic heterocycles. The Balaban J connectivity index is 1.79. The number of anilines is 2. The summed E-state index contributed by atoms with van der Waals surface area (Å²) in [6.45, 7) is 9.85. The molecule has 2 fully saturated rings. The molecule has 2 atom stereocenters. The molecule has 0 amide bonds. The van der Waals surface area contributed by atoms with Crippen LogP contribution in [0, 0.1) is 25.7 Å². The summed E-state index contributed by atoms with van der Waals surface area (Å²) < 4.78 is 0. The average molecular weight is 364 g/mol. The summed E-state index contributed by atoms with van der Waals surface area (Å²) in [4.78, 5) is 16.4. The molecule has 2 saturated heterocycles. The molecule has 3 heterocycles. The molecule has 0 aromatic carbocycles. The van der Waals surface area contributed by atoms with Crippen molar-refractivity contribution in [1.29, 1.82) is 0 Å². The molecule has 2 N–H and O–H groups in total. The highest BCUT2D eigenvalue weighted by atomic mass is 16.3. The van der Waals surface area contributed by atoms with Crippen LogP contribution in [0.15, 0.2) is 0 Å². The Labute approximate surface area is 156 Å². The maximum Gasteiger partial charge on any atom is 0.227 e. The molecule has 0 bridgehead atoms. The molecule has 1 aromatic rings. The van der Waals surface area contributed by atoms with Crippen molar-refractivity contribution in [2.75, 3.05) is 69.3 Å². The highest BCUT2D eigenvalue weighted by Crippen LogP contribution is 2.32. The van der Waals surface area contributed by atoms with Crippen LogP contribution in [-0.2, 0) is 0 Å². The van der Waals surface area contributed by atoms with Crippen LogP contribution in [0.2, 0.25) is 0 Å². The van der Waals surface area contributed by atoms with Crippen LogP contribution in [-0.4, -0.2) is 84.6 Å². The summed E-state index contributed by atoms with van der Waals surface area (Å²) in [6.07, 6.45) is 2.42. The van der Waals surface area contributed by atoms with Crippen molar-refractivity contribution in [3.63, 3.8) is 0 Å². The minimum absolute atomic E-state index is 0.167. The van der Waals surface area contributed by atoms with Gasteiger partial charge >= 0.3 is 0 Å². The molecule has 26 heavy (non-hydrogen) atoms. The van der Waals surface area contributed by atoms with Crippen molar-refractivity contribution in [3.8, 4) is 0 Å². The Hall–Kier alpha value is -1.44. The summed E-state index contributed by atoms with van der Waals surface area (Å²) in [5, 5.41) is 19.0. The van der Waals surface area contributed by atoms with Crippen LogP contribution in [0.25, 0.3) is 0 Å². The molecule has 0 saturated carbocycles. The predicted octanol–water partition coefficient (Wildman–Crippen LogP) is 0.662. The maximum atomic E-state index is 9.86. The minimum Gasteiger partial charge on any atom is -0.396 e. The van der Waals surface area contributed by atoms with Crippen LogP contribution in [0.4, 0.5) is 11.8 Å². The number of aliphatic hydroxyl groups excluding tert-OH is 2. The van der Waals surface area contributed by atoms with E-state index in [9.17, 15) is 5.11 Å². The summed E-state index contributed by atoms with van der Waals surface area (Å²) in [5.74, 6) is 2.48. The molecule has 3 rings (SSSR count). The Morgan fingerprint density at radius 3 is 2.38 bits per heavy atom. The third kappa shape index (κ3) is 4.10. The number of aliphatic hydroxyl groups is 2. The van der Waals surface area contributed by atoms with Gasteiger partial charge in [0.2, 0.25) is 5.95 Å². The molecule has 2 aliphatic rings. The zero-order valence-corrected chi connectivity index (χ0v) is 16.4. The molecule has 7 heteroatoms. The van der Waals surface area contributed by atoms with E-state index in [2.05, 4.69) is 28.5 Å². The van der Waals surface area contributed by atoms with Crippen LogP contribution in [0.1, 0.15) is 24.1 Å². The quantitative estimate of drug-likeness (QED) is 0.737. The van der Waals surface area contributed by atoms with Crippen molar-refractivity contribution >= 4 is 11.8 Å². The van der Waals surface area contributed by atoms with Gasteiger partial charge in [0.1, 0.15) is 5.82 Å². The van der Waals surface area contributed by atoms with E-state index in [-0.39, 0.29) is 19.1 Å². The standard InChI is InChI=1S/C19H33N5O2/c1-14-15(2)20-19(23-6-4-5-7-23)21-18(14)24-11-16(17(12-24)13-26)10-22(3)8-9-25/h16-17,25-26H,4-13H2,1-3H3/t16-,17-/m1/s1. The molecule has 0 unspecified atom stereocenters. The third-order valence-electron chi connectivity index (χ3n) is 5.88. The SMILES string of the molecule is Cc1nc(N2CCCC2)nc(N2C[C@@H](CN(C)CCO)[C@@H](CO)C2)c1C. The number of rotatable bonds is 7. The van der Waals surface area contributed by atoms with Crippen molar-refractivity contribution < 1.29 is 10.2 Å². The van der Waals surface area contributed by atoms with E-state index in [1.54, 1.807) is 0 Å². The Morgan fingerprint density at radius 2 is 1.73 bits per heavy atom. The average Bonchev–Trinajstić information content (AvgIpc) is 3.27. The van der Waals surface area contributed by atoms with Crippen molar-refractivity contribution in [3.05, 3.63) is 11.3 Å². The van der Waals surface area contributed by atoms with Gasteiger partial charge in [-0.2, -0.15) is 4.98 Å². The number of likely N-dealkylation sites (N-methyl/N-ethyl adjacent to an activating group) is 1. The van der Waals surface area contributed by atoms with Gasteiger partial charge in [-0.25, -0.2) is 4.98 Å². The number of aryl methyl sites for hydroxylation is 1. The number of hydrogen-bond donors (Lipinski definition) is 2. The first-order valence-corrected chi connectivity index (χ1v) is 9.79. The van der Waals surface area contributed by atoms with Gasteiger partial charge in [0.05, 0.1) is 6.61 Å². The lowest BCUT2D eigenvalue weighted by atomic mass is 9.96. The fourth-order valence-corrected chi connectivity index (χ4v) is 4.15. The number of hydrogen-bond acceptors (Lipinski definition) is 7. The normalized spacial score (nSPS) is 23.5. The number of nitrogens with zero attached hydrogens (tertiary/aromatic N) is 5. The second kappa shape index (κ2) is 8.50. The zero-order chi connectivity index (χ0) is 18.7. The van der Waals surface area contributed by atoms with Gasteiger partial charge in [-0.3, -0.25) is 0 Å². The first kappa shape index (κ1) is 19.3. The molecular formula is C19H33N5O2. The Kier molecular flexibility index (Phi) is 6.32. The van der Waals surface area contributed by atoms with E-state index >= 15 is 0 Å². The summed E-state index contributed by atoms with van der Waals surface area (Å²) >= 11 is 0. The van der Waals surface area contributed by atoms with E-state index in [1.807, 2.05) is 7.05 Å². The van der Waals surface area contributed by atoms with Gasteiger partial charge in [0, 0.05) is 63.1 Å². The highest BCUT2D eigenvalue weighted by Gasteiger charge is 2.35. The van der Waals surface area contributed by atoms with Gasteiger partial charge < -0.3 is 24.9 Å². The van der Waals surface area contributed by atoms with Gasteiger partial charge in [-0.15, -0.1) is 0 Å². The Morgan fingerprint density at radius 1 is 1.04 bits per heavy atom.